The molecule has 72 valence electrons. The summed E-state index contributed by atoms with van der Waals surface area (Å²) >= 11 is 0. The van der Waals surface area contributed by atoms with Crippen molar-refractivity contribution < 1.29 is 4.57 Å². The Labute approximate surface area is 75.7 Å². The highest BCUT2D eigenvalue weighted by Gasteiger charge is 2.27. The first-order valence-corrected chi connectivity index (χ1v) is 7.15. The minimum absolute atomic E-state index is 0.621. The van der Waals surface area contributed by atoms with E-state index in [1.165, 1.54) is 0 Å². The highest BCUT2D eigenvalue weighted by molar-refractivity contribution is 7.64. The minimum atomic E-state index is -1.71. The molecule has 0 aromatic rings. The molecule has 0 amide bonds. The lowest BCUT2D eigenvalue weighted by Crippen LogP contribution is -2.39. The van der Waals surface area contributed by atoms with Crippen molar-refractivity contribution in [3.63, 3.8) is 0 Å². The van der Waals surface area contributed by atoms with Crippen LogP contribution in [0.4, 0.5) is 0 Å². The van der Waals surface area contributed by atoms with Gasteiger partial charge in [0.05, 0.1) is 7.14 Å². The van der Waals surface area contributed by atoms with E-state index in [1.54, 1.807) is 0 Å². The molecule has 0 unspecified atom stereocenters. The fourth-order valence-corrected chi connectivity index (χ4v) is 3.78. The van der Waals surface area contributed by atoms with Crippen LogP contribution in [0.1, 0.15) is 20.8 Å². The van der Waals surface area contributed by atoms with E-state index in [0.717, 1.165) is 31.6 Å². The lowest BCUT2D eigenvalue weighted by Gasteiger charge is -2.34. The van der Waals surface area contributed by atoms with E-state index in [4.69, 9.17) is 0 Å². The van der Waals surface area contributed by atoms with Crippen LogP contribution in [0.15, 0.2) is 0 Å². The molecule has 0 N–H and O–H groups in total. The van der Waals surface area contributed by atoms with E-state index in [0.29, 0.717) is 6.04 Å². The second kappa shape index (κ2) is 3.93. The van der Waals surface area contributed by atoms with Crippen LogP contribution in [0.25, 0.3) is 0 Å². The average Bonchev–Trinajstić information content (AvgIpc) is 2.05. The van der Waals surface area contributed by atoms with E-state index in [-0.39, 0.29) is 0 Å². The van der Waals surface area contributed by atoms with Crippen molar-refractivity contribution in [3.05, 3.63) is 0 Å². The van der Waals surface area contributed by atoms with Crippen molar-refractivity contribution in [2.45, 2.75) is 26.8 Å². The summed E-state index contributed by atoms with van der Waals surface area (Å²) < 4.78 is 11.9. The van der Waals surface area contributed by atoms with Gasteiger partial charge >= 0.3 is 0 Å². The SMILES string of the molecule is CCP1(=O)CCN(C(C)C)CC1. The molecule has 0 aliphatic carbocycles. The van der Waals surface area contributed by atoms with Crippen LogP contribution in [0.5, 0.6) is 0 Å². The van der Waals surface area contributed by atoms with Crippen molar-refractivity contribution in [1.82, 2.24) is 4.90 Å². The zero-order valence-electron chi connectivity index (χ0n) is 8.42. The first-order chi connectivity index (χ1) is 5.57. The van der Waals surface area contributed by atoms with Crippen LogP contribution >= 0.6 is 7.14 Å². The standard InChI is InChI=1S/C9H20NOP/c1-4-12(11)7-5-10(6-8-12)9(2)3/h9H,4-8H2,1-3H3. The molecule has 1 aliphatic heterocycles. The third kappa shape index (κ3) is 2.34. The third-order valence-corrected chi connectivity index (χ3v) is 6.08. The maximum absolute atomic E-state index is 11.9. The van der Waals surface area contributed by atoms with Crippen LogP contribution in [0.3, 0.4) is 0 Å². The number of hydrogen-bond donors (Lipinski definition) is 0. The van der Waals surface area contributed by atoms with Gasteiger partial charge in [0.1, 0.15) is 0 Å². The molecule has 0 spiro atoms. The van der Waals surface area contributed by atoms with Crippen molar-refractivity contribution in [2.75, 3.05) is 31.6 Å². The van der Waals surface area contributed by atoms with Crippen LogP contribution in [0, 0.1) is 0 Å². The highest BCUT2D eigenvalue weighted by atomic mass is 31.2. The maximum Gasteiger partial charge on any atom is 0.0899 e. The Balaban J connectivity index is 2.45. The van der Waals surface area contributed by atoms with E-state index in [2.05, 4.69) is 25.7 Å². The second-order valence-electron chi connectivity index (χ2n) is 3.95. The predicted octanol–water partition coefficient (Wildman–Crippen LogP) is 2.09. The average molecular weight is 189 g/mol. The molecule has 0 radical (unpaired) electrons. The van der Waals surface area contributed by atoms with E-state index >= 15 is 0 Å². The Morgan fingerprint density at radius 1 is 1.33 bits per heavy atom. The second-order valence-corrected chi connectivity index (χ2v) is 7.59. The highest BCUT2D eigenvalue weighted by Crippen LogP contribution is 2.46. The van der Waals surface area contributed by atoms with Crippen molar-refractivity contribution in [3.8, 4) is 0 Å². The third-order valence-electron chi connectivity index (χ3n) is 2.90. The van der Waals surface area contributed by atoms with Gasteiger partial charge in [-0.05, 0) is 20.0 Å². The molecule has 1 saturated heterocycles. The Morgan fingerprint density at radius 2 is 1.83 bits per heavy atom. The fraction of sp³-hybridized carbons (Fsp3) is 1.00. The van der Waals surface area contributed by atoms with Gasteiger partial charge in [-0.15, -0.1) is 0 Å². The number of hydrogen-bond acceptors (Lipinski definition) is 2. The molecule has 3 heteroatoms. The fourth-order valence-electron chi connectivity index (χ4n) is 1.68. The van der Waals surface area contributed by atoms with Gasteiger partial charge < -0.3 is 9.46 Å². The van der Waals surface area contributed by atoms with Crippen molar-refractivity contribution in [2.24, 2.45) is 0 Å². The molecule has 12 heavy (non-hydrogen) atoms. The molecule has 0 bridgehead atoms. The quantitative estimate of drug-likeness (QED) is 0.620. The van der Waals surface area contributed by atoms with Gasteiger partial charge in [0.2, 0.25) is 0 Å². The molecule has 1 heterocycles. The topological polar surface area (TPSA) is 20.3 Å². The Bertz CT molecular complexity index is 179. The summed E-state index contributed by atoms with van der Waals surface area (Å²) in [5.41, 5.74) is 0. The summed E-state index contributed by atoms with van der Waals surface area (Å²) in [7, 11) is -1.71. The Morgan fingerprint density at radius 3 is 2.17 bits per heavy atom. The molecule has 0 saturated carbocycles. The Kier molecular flexibility index (Phi) is 3.37. The first kappa shape index (κ1) is 10.3. The lowest BCUT2D eigenvalue weighted by atomic mass is 10.3. The van der Waals surface area contributed by atoms with Gasteiger partial charge in [-0.1, -0.05) is 6.92 Å². The molecular formula is C9H20NOP. The van der Waals surface area contributed by atoms with Crippen LogP contribution < -0.4 is 0 Å². The smallest absolute Gasteiger partial charge is 0.0899 e. The largest absolute Gasteiger partial charge is 0.323 e. The molecule has 0 aromatic carbocycles. The van der Waals surface area contributed by atoms with Crippen LogP contribution in [-0.2, 0) is 4.57 Å². The summed E-state index contributed by atoms with van der Waals surface area (Å²) in [5.74, 6) is 0. The predicted molar refractivity (Wildman–Crippen MR) is 54.6 cm³/mol. The molecule has 1 fully saturated rings. The summed E-state index contributed by atoms with van der Waals surface area (Å²) in [6.45, 7) is 8.57. The molecule has 2 nitrogen and oxygen atoms in total. The molecule has 1 aliphatic rings. The van der Waals surface area contributed by atoms with E-state index < -0.39 is 7.14 Å². The normalized spacial score (nSPS) is 24.7. The van der Waals surface area contributed by atoms with Crippen LogP contribution in [0.2, 0.25) is 0 Å². The van der Waals surface area contributed by atoms with Crippen molar-refractivity contribution >= 4 is 7.14 Å². The molecule has 0 aromatic heterocycles. The molecule has 0 atom stereocenters. The monoisotopic (exact) mass is 189 g/mol. The van der Waals surface area contributed by atoms with Crippen molar-refractivity contribution in [1.29, 1.82) is 0 Å². The van der Waals surface area contributed by atoms with Gasteiger partial charge in [0.15, 0.2) is 0 Å². The summed E-state index contributed by atoms with van der Waals surface area (Å²) in [6.07, 6.45) is 2.79. The zero-order valence-corrected chi connectivity index (χ0v) is 9.31. The van der Waals surface area contributed by atoms with Gasteiger partial charge in [0, 0.05) is 31.5 Å². The summed E-state index contributed by atoms with van der Waals surface area (Å²) in [5, 5.41) is 0. The van der Waals surface area contributed by atoms with Gasteiger partial charge in [0.25, 0.3) is 0 Å². The number of nitrogens with zero attached hydrogens (tertiary/aromatic N) is 1. The van der Waals surface area contributed by atoms with Gasteiger partial charge in [-0.3, -0.25) is 0 Å². The van der Waals surface area contributed by atoms with Crippen LogP contribution in [-0.4, -0.2) is 42.5 Å². The zero-order chi connectivity index (χ0) is 9.19. The first-order valence-electron chi connectivity index (χ1n) is 4.88. The number of rotatable bonds is 2. The lowest BCUT2D eigenvalue weighted by molar-refractivity contribution is 0.240. The van der Waals surface area contributed by atoms with Gasteiger partial charge in [-0.25, -0.2) is 0 Å². The molecular weight excluding hydrogens is 169 g/mol. The molecule has 1 rings (SSSR count). The Hall–Kier alpha value is 0.190. The minimum Gasteiger partial charge on any atom is -0.323 e. The van der Waals surface area contributed by atoms with Gasteiger partial charge in [-0.2, -0.15) is 0 Å². The summed E-state index contributed by atoms with van der Waals surface area (Å²) in [6, 6.07) is 0.621. The van der Waals surface area contributed by atoms with E-state index in [9.17, 15) is 4.57 Å². The maximum atomic E-state index is 11.9. The van der Waals surface area contributed by atoms with E-state index in [1.807, 2.05) is 0 Å². The summed E-state index contributed by atoms with van der Waals surface area (Å²) in [4.78, 5) is 2.42.